The summed E-state index contributed by atoms with van der Waals surface area (Å²) in [5, 5.41) is 9.28. The van der Waals surface area contributed by atoms with Gasteiger partial charge in [-0.3, -0.25) is 9.89 Å². The number of nitrogens with zero attached hydrogens (tertiary/aromatic N) is 3. The number of nitrogens with one attached hydrogen (secondary N) is 2. The molecule has 0 spiro atoms. The Morgan fingerprint density at radius 1 is 1.40 bits per heavy atom. The van der Waals surface area contributed by atoms with E-state index in [1.165, 1.54) is 4.88 Å². The number of likely N-dealkylation sites (tertiary alicyclic amines) is 1. The second-order valence-electron chi connectivity index (χ2n) is 7.22. The molecular weight excluding hydrogens is 445 g/mol. The van der Waals surface area contributed by atoms with Crippen LogP contribution in [-0.2, 0) is 0 Å². The van der Waals surface area contributed by atoms with Crippen LogP contribution in [0.4, 0.5) is 0 Å². The van der Waals surface area contributed by atoms with Crippen LogP contribution < -0.4 is 10.6 Å². The van der Waals surface area contributed by atoms with E-state index in [-0.39, 0.29) is 24.0 Å². The molecule has 3 atom stereocenters. The summed E-state index contributed by atoms with van der Waals surface area (Å²) in [7, 11) is 6.11. The number of rotatable bonds is 6. The van der Waals surface area contributed by atoms with Gasteiger partial charge in [0, 0.05) is 43.6 Å². The van der Waals surface area contributed by atoms with Crippen LogP contribution in [0.25, 0.3) is 0 Å². The maximum atomic E-state index is 4.43. The largest absolute Gasteiger partial charge is 0.354 e. The Kier molecular flexibility index (Phi) is 9.69. The number of aliphatic imine (C=N–C) groups is 1. The summed E-state index contributed by atoms with van der Waals surface area (Å²) in [6, 6.07) is 5.73. The molecule has 2 rings (SSSR count). The van der Waals surface area contributed by atoms with Crippen LogP contribution in [0.3, 0.4) is 0 Å². The highest BCUT2D eigenvalue weighted by molar-refractivity contribution is 14.0. The van der Waals surface area contributed by atoms with Crippen LogP contribution in [0, 0.1) is 5.92 Å². The summed E-state index contributed by atoms with van der Waals surface area (Å²) in [6.07, 6.45) is 0. The molecule has 1 aromatic rings. The van der Waals surface area contributed by atoms with E-state index in [1.54, 1.807) is 11.3 Å². The van der Waals surface area contributed by atoms with E-state index in [4.69, 9.17) is 0 Å². The lowest BCUT2D eigenvalue weighted by molar-refractivity contribution is 0.265. The second-order valence-corrected chi connectivity index (χ2v) is 8.20. The first kappa shape index (κ1) is 22.7. The lowest BCUT2D eigenvalue weighted by Crippen LogP contribution is -2.48. The molecule has 0 saturated carbocycles. The Labute approximate surface area is 174 Å². The predicted octanol–water partition coefficient (Wildman–Crippen LogP) is 2.86. The smallest absolute Gasteiger partial charge is 0.191 e. The van der Waals surface area contributed by atoms with E-state index in [1.807, 2.05) is 7.05 Å². The van der Waals surface area contributed by atoms with Crippen molar-refractivity contribution in [2.75, 3.05) is 40.8 Å². The highest BCUT2D eigenvalue weighted by Crippen LogP contribution is 2.22. The first-order valence-electron chi connectivity index (χ1n) is 8.83. The molecule has 25 heavy (non-hydrogen) atoms. The maximum absolute atomic E-state index is 4.43. The molecule has 144 valence electrons. The van der Waals surface area contributed by atoms with E-state index >= 15 is 0 Å². The lowest BCUT2D eigenvalue weighted by Gasteiger charge is -2.26. The molecule has 2 heterocycles. The standard InChI is InChI=1S/C18H33N5S.HI/c1-13(2)23-11-14(3)15(12-23)21-18(19-4)20-10-16(22(5)6)17-8-7-9-24-17;/h7-9,13-16H,10-12H2,1-6H3,(H2,19,20,21);1H. The lowest BCUT2D eigenvalue weighted by atomic mass is 10.1. The average Bonchev–Trinajstić information content (AvgIpc) is 3.16. The van der Waals surface area contributed by atoms with E-state index in [0.29, 0.717) is 24.0 Å². The molecule has 0 aromatic carbocycles. The minimum absolute atomic E-state index is 0. The van der Waals surface area contributed by atoms with Gasteiger partial charge in [-0.1, -0.05) is 13.0 Å². The number of likely N-dealkylation sites (N-methyl/N-ethyl adjacent to an activating group) is 1. The van der Waals surface area contributed by atoms with Crippen molar-refractivity contribution in [3.63, 3.8) is 0 Å². The van der Waals surface area contributed by atoms with Crippen molar-refractivity contribution in [2.45, 2.75) is 38.9 Å². The van der Waals surface area contributed by atoms with Crippen LogP contribution in [0.2, 0.25) is 0 Å². The number of hydrogen-bond donors (Lipinski definition) is 2. The van der Waals surface area contributed by atoms with Crippen LogP contribution in [0.5, 0.6) is 0 Å². The minimum atomic E-state index is 0. The molecule has 1 aliphatic heterocycles. The topological polar surface area (TPSA) is 42.9 Å². The first-order valence-corrected chi connectivity index (χ1v) is 9.71. The second kappa shape index (κ2) is 10.7. The summed E-state index contributed by atoms with van der Waals surface area (Å²) in [6.45, 7) is 9.95. The van der Waals surface area contributed by atoms with Gasteiger partial charge in [0.1, 0.15) is 0 Å². The number of hydrogen-bond acceptors (Lipinski definition) is 4. The Morgan fingerprint density at radius 3 is 2.60 bits per heavy atom. The Morgan fingerprint density at radius 2 is 2.12 bits per heavy atom. The zero-order chi connectivity index (χ0) is 17.7. The fourth-order valence-electron chi connectivity index (χ4n) is 3.20. The molecule has 2 N–H and O–H groups in total. The normalized spacial score (nSPS) is 23.0. The molecule has 5 nitrogen and oxygen atoms in total. The fourth-order valence-corrected chi connectivity index (χ4v) is 4.12. The van der Waals surface area contributed by atoms with Gasteiger partial charge < -0.3 is 15.5 Å². The molecule has 0 radical (unpaired) electrons. The van der Waals surface area contributed by atoms with Gasteiger partial charge in [0.05, 0.1) is 6.04 Å². The minimum Gasteiger partial charge on any atom is -0.354 e. The van der Waals surface area contributed by atoms with Crippen molar-refractivity contribution >= 4 is 41.3 Å². The molecule has 0 amide bonds. The van der Waals surface area contributed by atoms with Crippen molar-refractivity contribution in [2.24, 2.45) is 10.9 Å². The van der Waals surface area contributed by atoms with Gasteiger partial charge in [-0.2, -0.15) is 0 Å². The summed E-state index contributed by atoms with van der Waals surface area (Å²) in [5.41, 5.74) is 0. The first-order chi connectivity index (χ1) is 11.4. The highest BCUT2D eigenvalue weighted by atomic mass is 127. The summed E-state index contributed by atoms with van der Waals surface area (Å²) < 4.78 is 0. The van der Waals surface area contributed by atoms with Gasteiger partial charge in [-0.05, 0) is 45.3 Å². The fraction of sp³-hybridized carbons (Fsp3) is 0.722. The van der Waals surface area contributed by atoms with Crippen LogP contribution in [-0.4, -0.2) is 68.6 Å². The summed E-state index contributed by atoms with van der Waals surface area (Å²) in [4.78, 5) is 10.6. The number of halogens is 1. The van der Waals surface area contributed by atoms with Crippen LogP contribution in [0.1, 0.15) is 31.7 Å². The van der Waals surface area contributed by atoms with Gasteiger partial charge in [0.25, 0.3) is 0 Å². The molecule has 1 aliphatic rings. The van der Waals surface area contributed by atoms with E-state index in [9.17, 15) is 0 Å². The SMILES string of the molecule is CN=C(NCC(c1cccs1)N(C)C)NC1CN(C(C)C)CC1C.I. The molecule has 0 aliphatic carbocycles. The van der Waals surface area contributed by atoms with E-state index < -0.39 is 0 Å². The molecule has 1 fully saturated rings. The Balaban J connectivity index is 0.00000312. The third-order valence-electron chi connectivity index (χ3n) is 4.87. The highest BCUT2D eigenvalue weighted by Gasteiger charge is 2.31. The van der Waals surface area contributed by atoms with Gasteiger partial charge in [0.15, 0.2) is 5.96 Å². The third kappa shape index (κ3) is 6.37. The van der Waals surface area contributed by atoms with Crippen molar-refractivity contribution < 1.29 is 0 Å². The van der Waals surface area contributed by atoms with Crippen LogP contribution >= 0.6 is 35.3 Å². The zero-order valence-corrected chi connectivity index (χ0v) is 19.5. The molecule has 7 heteroatoms. The molecular formula is C18H34IN5S. The average molecular weight is 479 g/mol. The molecule has 1 aromatic heterocycles. The van der Waals surface area contributed by atoms with E-state index in [0.717, 1.165) is 25.6 Å². The van der Waals surface area contributed by atoms with Gasteiger partial charge in [0.2, 0.25) is 0 Å². The van der Waals surface area contributed by atoms with Crippen molar-refractivity contribution in [3.8, 4) is 0 Å². The quantitative estimate of drug-likeness (QED) is 0.374. The van der Waals surface area contributed by atoms with Gasteiger partial charge in [-0.15, -0.1) is 35.3 Å². The summed E-state index contributed by atoms with van der Waals surface area (Å²) in [5.74, 6) is 1.54. The molecule has 1 saturated heterocycles. The number of thiophene rings is 1. The Bertz CT molecular complexity index is 518. The third-order valence-corrected chi connectivity index (χ3v) is 5.85. The van der Waals surface area contributed by atoms with Crippen molar-refractivity contribution in [1.29, 1.82) is 0 Å². The monoisotopic (exact) mass is 479 g/mol. The zero-order valence-electron chi connectivity index (χ0n) is 16.3. The summed E-state index contributed by atoms with van der Waals surface area (Å²) >= 11 is 1.81. The van der Waals surface area contributed by atoms with Crippen molar-refractivity contribution in [3.05, 3.63) is 22.4 Å². The van der Waals surface area contributed by atoms with E-state index in [2.05, 4.69) is 77.8 Å². The predicted molar refractivity (Wildman–Crippen MR) is 120 cm³/mol. The van der Waals surface area contributed by atoms with Crippen molar-refractivity contribution in [1.82, 2.24) is 20.4 Å². The molecule has 3 unspecified atom stereocenters. The number of guanidine groups is 1. The molecule has 0 bridgehead atoms. The maximum Gasteiger partial charge on any atom is 0.191 e. The Hall–Kier alpha value is -0.380. The van der Waals surface area contributed by atoms with Crippen LogP contribution in [0.15, 0.2) is 22.5 Å². The van der Waals surface area contributed by atoms with Gasteiger partial charge in [-0.25, -0.2) is 0 Å². The van der Waals surface area contributed by atoms with Gasteiger partial charge >= 0.3 is 0 Å².